The van der Waals surface area contributed by atoms with Gasteiger partial charge in [0.25, 0.3) is 0 Å². The maximum Gasteiger partial charge on any atom is 0.239 e. The number of hydrogen-bond donors (Lipinski definition) is 1. The highest BCUT2D eigenvalue weighted by Gasteiger charge is 2.20. The molecule has 0 spiro atoms. The number of piperazine rings is 1. The summed E-state index contributed by atoms with van der Waals surface area (Å²) in [6, 6.07) is 3.65. The SMILES string of the molecule is O=C1CN(C(=O)CCSc2ccc(F)c(F)c2)CCN1. The van der Waals surface area contributed by atoms with Crippen molar-refractivity contribution in [1.82, 2.24) is 10.2 Å². The van der Waals surface area contributed by atoms with Crippen molar-refractivity contribution < 1.29 is 18.4 Å². The molecule has 1 fully saturated rings. The Bertz CT molecular complexity index is 525. The lowest BCUT2D eigenvalue weighted by atomic mass is 10.3. The van der Waals surface area contributed by atoms with Crippen LogP contribution in [0, 0.1) is 11.6 Å². The second-order valence-corrected chi connectivity index (χ2v) is 5.51. The molecule has 0 radical (unpaired) electrons. The molecule has 1 N–H and O–H groups in total. The number of carbonyl (C=O) groups is 2. The van der Waals surface area contributed by atoms with Gasteiger partial charge in [-0.2, -0.15) is 0 Å². The molecule has 4 nitrogen and oxygen atoms in total. The number of rotatable bonds is 4. The Labute approximate surface area is 119 Å². The van der Waals surface area contributed by atoms with Gasteiger partial charge in [-0.1, -0.05) is 0 Å². The maximum absolute atomic E-state index is 13.0. The van der Waals surface area contributed by atoms with Crippen LogP contribution in [-0.4, -0.2) is 42.1 Å². The van der Waals surface area contributed by atoms with Crippen molar-refractivity contribution >= 4 is 23.6 Å². The molecule has 1 aliphatic heterocycles. The lowest BCUT2D eigenvalue weighted by Gasteiger charge is -2.26. The molecule has 0 atom stereocenters. The normalized spacial score (nSPS) is 15.1. The first-order valence-electron chi connectivity index (χ1n) is 6.18. The van der Waals surface area contributed by atoms with E-state index in [4.69, 9.17) is 0 Å². The van der Waals surface area contributed by atoms with Crippen LogP contribution in [0.2, 0.25) is 0 Å². The molecule has 7 heteroatoms. The van der Waals surface area contributed by atoms with Gasteiger partial charge in [0.05, 0.1) is 6.54 Å². The zero-order valence-corrected chi connectivity index (χ0v) is 11.5. The monoisotopic (exact) mass is 300 g/mol. The van der Waals surface area contributed by atoms with Gasteiger partial charge in [0, 0.05) is 30.2 Å². The van der Waals surface area contributed by atoms with Crippen LogP contribution in [0.3, 0.4) is 0 Å². The summed E-state index contributed by atoms with van der Waals surface area (Å²) in [5.41, 5.74) is 0. The van der Waals surface area contributed by atoms with Gasteiger partial charge >= 0.3 is 0 Å². The molecular formula is C13H14F2N2O2S. The summed E-state index contributed by atoms with van der Waals surface area (Å²) >= 11 is 1.28. The number of amides is 2. The van der Waals surface area contributed by atoms with Crippen LogP contribution < -0.4 is 5.32 Å². The summed E-state index contributed by atoms with van der Waals surface area (Å²) in [6.07, 6.45) is 0.261. The van der Waals surface area contributed by atoms with Gasteiger partial charge < -0.3 is 10.2 Å². The van der Waals surface area contributed by atoms with Crippen LogP contribution in [0.25, 0.3) is 0 Å². The Hall–Kier alpha value is -1.63. The molecule has 0 aliphatic carbocycles. The highest BCUT2D eigenvalue weighted by Crippen LogP contribution is 2.21. The van der Waals surface area contributed by atoms with E-state index in [2.05, 4.69) is 5.32 Å². The average Bonchev–Trinajstić information content (AvgIpc) is 2.42. The molecule has 0 saturated carbocycles. The van der Waals surface area contributed by atoms with Gasteiger partial charge in [0.1, 0.15) is 0 Å². The molecule has 20 heavy (non-hydrogen) atoms. The molecule has 1 aromatic rings. The van der Waals surface area contributed by atoms with E-state index >= 15 is 0 Å². The minimum absolute atomic E-state index is 0.0919. The van der Waals surface area contributed by atoms with E-state index in [0.29, 0.717) is 23.7 Å². The number of halogens is 2. The van der Waals surface area contributed by atoms with E-state index in [1.807, 2.05) is 0 Å². The first kappa shape index (κ1) is 14.8. The third kappa shape index (κ3) is 3.93. The van der Waals surface area contributed by atoms with Gasteiger partial charge in [0.15, 0.2) is 11.6 Å². The summed E-state index contributed by atoms with van der Waals surface area (Å²) in [4.78, 5) is 25.1. The third-order valence-corrected chi connectivity index (χ3v) is 3.86. The minimum atomic E-state index is -0.894. The Morgan fingerprint density at radius 1 is 1.35 bits per heavy atom. The zero-order valence-electron chi connectivity index (χ0n) is 10.7. The summed E-state index contributed by atoms with van der Waals surface area (Å²) in [5.74, 6) is -1.58. The van der Waals surface area contributed by atoms with Crippen LogP contribution in [0.1, 0.15) is 6.42 Å². The number of carbonyl (C=O) groups excluding carboxylic acids is 2. The van der Waals surface area contributed by atoms with E-state index in [1.165, 1.54) is 22.7 Å². The standard InChI is InChI=1S/C13H14F2N2O2S/c14-10-2-1-9(7-11(10)15)20-6-3-13(19)17-5-4-16-12(18)8-17/h1-2,7H,3-6,8H2,(H,16,18). The fourth-order valence-corrected chi connectivity index (χ4v) is 2.70. The van der Waals surface area contributed by atoms with Gasteiger partial charge in [-0.25, -0.2) is 8.78 Å². The number of thioether (sulfide) groups is 1. The second kappa shape index (κ2) is 6.69. The Morgan fingerprint density at radius 2 is 2.15 bits per heavy atom. The first-order valence-corrected chi connectivity index (χ1v) is 7.17. The molecule has 1 aliphatic rings. The average molecular weight is 300 g/mol. The van der Waals surface area contributed by atoms with Gasteiger partial charge in [-0.3, -0.25) is 9.59 Å². The fourth-order valence-electron chi connectivity index (χ4n) is 1.83. The van der Waals surface area contributed by atoms with E-state index in [9.17, 15) is 18.4 Å². The van der Waals surface area contributed by atoms with Crippen LogP contribution >= 0.6 is 11.8 Å². The quantitative estimate of drug-likeness (QED) is 0.855. The molecule has 108 valence electrons. The van der Waals surface area contributed by atoms with E-state index in [1.54, 1.807) is 0 Å². The van der Waals surface area contributed by atoms with Crippen molar-refractivity contribution in [1.29, 1.82) is 0 Å². The molecule has 1 heterocycles. The van der Waals surface area contributed by atoms with Gasteiger partial charge in [-0.05, 0) is 18.2 Å². The van der Waals surface area contributed by atoms with Crippen LogP contribution in [0.15, 0.2) is 23.1 Å². The lowest BCUT2D eigenvalue weighted by Crippen LogP contribution is -2.50. The van der Waals surface area contributed by atoms with Crippen LogP contribution in [0.5, 0.6) is 0 Å². The Morgan fingerprint density at radius 3 is 2.85 bits per heavy atom. The minimum Gasteiger partial charge on any atom is -0.353 e. The van der Waals surface area contributed by atoms with E-state index in [-0.39, 0.29) is 24.8 Å². The van der Waals surface area contributed by atoms with E-state index < -0.39 is 11.6 Å². The topological polar surface area (TPSA) is 49.4 Å². The largest absolute Gasteiger partial charge is 0.353 e. The van der Waals surface area contributed by atoms with Gasteiger partial charge in [-0.15, -0.1) is 11.8 Å². The molecule has 2 rings (SSSR count). The lowest BCUT2D eigenvalue weighted by molar-refractivity contribution is -0.137. The molecule has 0 aromatic heterocycles. The predicted molar refractivity (Wildman–Crippen MR) is 71.3 cm³/mol. The zero-order chi connectivity index (χ0) is 14.5. The number of benzene rings is 1. The Balaban J connectivity index is 1.78. The fraction of sp³-hybridized carbons (Fsp3) is 0.385. The number of nitrogens with one attached hydrogen (secondary N) is 1. The third-order valence-electron chi connectivity index (χ3n) is 2.87. The van der Waals surface area contributed by atoms with Crippen molar-refractivity contribution in [3.05, 3.63) is 29.8 Å². The first-order chi connectivity index (χ1) is 9.56. The van der Waals surface area contributed by atoms with E-state index in [0.717, 1.165) is 12.1 Å². The van der Waals surface area contributed by atoms with Crippen molar-refractivity contribution in [2.45, 2.75) is 11.3 Å². The molecule has 1 saturated heterocycles. The van der Waals surface area contributed by atoms with Gasteiger partial charge in [0.2, 0.25) is 11.8 Å². The smallest absolute Gasteiger partial charge is 0.239 e. The van der Waals surface area contributed by atoms with Crippen molar-refractivity contribution in [3.8, 4) is 0 Å². The molecular weight excluding hydrogens is 286 g/mol. The summed E-state index contributed by atoms with van der Waals surface area (Å²) in [6.45, 7) is 1.08. The molecule has 1 aromatic carbocycles. The predicted octanol–water partition coefficient (Wildman–Crippen LogP) is 1.41. The molecule has 2 amide bonds. The number of nitrogens with zero attached hydrogens (tertiary/aromatic N) is 1. The summed E-state index contributed by atoms with van der Waals surface area (Å²) < 4.78 is 25.7. The second-order valence-electron chi connectivity index (χ2n) is 4.34. The maximum atomic E-state index is 13.0. The summed E-state index contributed by atoms with van der Waals surface area (Å²) in [7, 11) is 0. The van der Waals surface area contributed by atoms with Crippen molar-refractivity contribution in [3.63, 3.8) is 0 Å². The summed E-state index contributed by atoms with van der Waals surface area (Å²) in [5, 5.41) is 2.65. The highest BCUT2D eigenvalue weighted by atomic mass is 32.2. The molecule has 0 unspecified atom stereocenters. The van der Waals surface area contributed by atoms with Crippen LogP contribution in [0.4, 0.5) is 8.78 Å². The van der Waals surface area contributed by atoms with Crippen molar-refractivity contribution in [2.24, 2.45) is 0 Å². The number of hydrogen-bond acceptors (Lipinski definition) is 3. The molecule has 0 bridgehead atoms. The van der Waals surface area contributed by atoms with Crippen LogP contribution in [-0.2, 0) is 9.59 Å². The van der Waals surface area contributed by atoms with Crippen molar-refractivity contribution in [2.75, 3.05) is 25.4 Å². The Kier molecular flexibility index (Phi) is 4.94. The highest BCUT2D eigenvalue weighted by molar-refractivity contribution is 7.99.